The van der Waals surface area contributed by atoms with Crippen LogP contribution in [0.5, 0.6) is 5.75 Å². The molecule has 2 rings (SSSR count). The average molecular weight is 292 g/mol. The van der Waals surface area contributed by atoms with Gasteiger partial charge in [0.25, 0.3) is 0 Å². The summed E-state index contributed by atoms with van der Waals surface area (Å²) in [6.45, 7) is 5.44. The zero-order valence-corrected chi connectivity index (χ0v) is 13.0. The van der Waals surface area contributed by atoms with Gasteiger partial charge in [-0.2, -0.15) is 0 Å². The third kappa shape index (κ3) is 2.97. The minimum Gasteiger partial charge on any atom is -0.496 e. The second kappa shape index (κ2) is 6.80. The van der Waals surface area contributed by atoms with E-state index < -0.39 is 0 Å². The van der Waals surface area contributed by atoms with Crippen LogP contribution >= 0.6 is 0 Å². The predicted octanol–water partition coefficient (Wildman–Crippen LogP) is 2.62. The van der Waals surface area contributed by atoms with E-state index in [-0.39, 0.29) is 12.1 Å². The fraction of sp³-hybridized carbons (Fsp3) is 0.562. The number of hydrogen-bond donors (Lipinski definition) is 1. The Bertz CT molecular complexity index is 516. The Kier molecular flexibility index (Phi) is 5.07. The first-order valence-electron chi connectivity index (χ1n) is 7.49. The molecule has 1 aromatic rings. The van der Waals surface area contributed by atoms with Crippen molar-refractivity contribution in [3.63, 3.8) is 0 Å². The molecule has 0 radical (unpaired) electrons. The molecule has 1 aromatic carbocycles. The molecule has 0 fully saturated rings. The van der Waals surface area contributed by atoms with Crippen LogP contribution in [0.3, 0.4) is 0 Å². The molecule has 0 bridgehead atoms. The molecule has 0 saturated heterocycles. The molecule has 0 saturated carbocycles. The summed E-state index contributed by atoms with van der Waals surface area (Å²) in [4.78, 5) is 13.9. The highest BCUT2D eigenvalue weighted by atomic mass is 16.6. The number of benzene rings is 1. The van der Waals surface area contributed by atoms with Crippen LogP contribution < -0.4 is 10.5 Å². The molecule has 1 heterocycles. The Hall–Kier alpha value is -1.75. The molecule has 0 spiro atoms. The van der Waals surface area contributed by atoms with Crippen LogP contribution in [0.1, 0.15) is 43.0 Å². The van der Waals surface area contributed by atoms with Crippen molar-refractivity contribution in [2.24, 2.45) is 5.73 Å². The first-order chi connectivity index (χ1) is 10.2. The number of nitrogens with zero attached hydrogens (tertiary/aromatic N) is 1. The first kappa shape index (κ1) is 15.6. The third-order valence-electron chi connectivity index (χ3n) is 4.01. The summed E-state index contributed by atoms with van der Waals surface area (Å²) in [5.74, 6) is 0.792. The van der Waals surface area contributed by atoms with E-state index in [1.807, 2.05) is 17.9 Å². The molecule has 5 heteroatoms. The van der Waals surface area contributed by atoms with Crippen molar-refractivity contribution in [2.75, 3.05) is 20.3 Å². The molecular weight excluding hydrogens is 268 g/mol. The average Bonchev–Trinajstić information content (AvgIpc) is 2.52. The number of methoxy groups -OCH3 is 1. The number of ether oxygens (including phenoxy) is 2. The summed E-state index contributed by atoms with van der Waals surface area (Å²) in [5.41, 5.74) is 9.18. The normalized spacial score (nSPS) is 17.3. The van der Waals surface area contributed by atoms with Crippen molar-refractivity contribution in [1.82, 2.24) is 4.90 Å². The van der Waals surface area contributed by atoms with Crippen molar-refractivity contribution < 1.29 is 14.3 Å². The number of amides is 1. The highest BCUT2D eigenvalue weighted by Gasteiger charge is 2.31. The van der Waals surface area contributed by atoms with Gasteiger partial charge in [0.1, 0.15) is 5.75 Å². The molecule has 1 amide bonds. The van der Waals surface area contributed by atoms with Crippen LogP contribution in [0.25, 0.3) is 0 Å². The standard InChI is InChI=1S/C16H24N2O3/c1-4-14-13-9-15(20-3)12(10-17)8-11(13)6-7-18(14)16(19)21-5-2/h8-9,14H,4-7,10,17H2,1-3H3. The number of rotatable bonds is 4. The summed E-state index contributed by atoms with van der Waals surface area (Å²) in [6, 6.07) is 4.17. The van der Waals surface area contributed by atoms with Gasteiger partial charge in [-0.05, 0) is 37.0 Å². The van der Waals surface area contributed by atoms with Crippen molar-refractivity contribution in [3.05, 3.63) is 28.8 Å². The summed E-state index contributed by atoms with van der Waals surface area (Å²) in [7, 11) is 1.65. The molecule has 2 N–H and O–H groups in total. The van der Waals surface area contributed by atoms with Gasteiger partial charge in [0, 0.05) is 18.7 Å². The Morgan fingerprint density at radius 2 is 2.19 bits per heavy atom. The van der Waals surface area contributed by atoms with E-state index in [9.17, 15) is 4.79 Å². The molecule has 0 aliphatic carbocycles. The topological polar surface area (TPSA) is 64.8 Å². The van der Waals surface area contributed by atoms with Gasteiger partial charge in [0.2, 0.25) is 0 Å². The molecular formula is C16H24N2O3. The fourth-order valence-corrected chi connectivity index (χ4v) is 3.00. The van der Waals surface area contributed by atoms with E-state index in [1.165, 1.54) is 5.56 Å². The second-order valence-electron chi connectivity index (χ2n) is 5.13. The molecule has 21 heavy (non-hydrogen) atoms. The van der Waals surface area contributed by atoms with Gasteiger partial charge < -0.3 is 20.1 Å². The molecule has 1 aliphatic heterocycles. The SMILES string of the molecule is CCOC(=O)N1CCc2cc(CN)c(OC)cc2C1CC. The summed E-state index contributed by atoms with van der Waals surface area (Å²) >= 11 is 0. The van der Waals surface area contributed by atoms with E-state index >= 15 is 0 Å². The largest absolute Gasteiger partial charge is 0.496 e. The van der Waals surface area contributed by atoms with Crippen LogP contribution in [-0.4, -0.2) is 31.3 Å². The molecule has 1 atom stereocenters. The monoisotopic (exact) mass is 292 g/mol. The lowest BCUT2D eigenvalue weighted by atomic mass is 9.89. The van der Waals surface area contributed by atoms with Crippen molar-refractivity contribution >= 4 is 6.09 Å². The summed E-state index contributed by atoms with van der Waals surface area (Å²) in [6.07, 6.45) is 1.43. The summed E-state index contributed by atoms with van der Waals surface area (Å²) in [5, 5.41) is 0. The lowest BCUT2D eigenvalue weighted by molar-refractivity contribution is 0.0854. The smallest absolute Gasteiger partial charge is 0.410 e. The minimum absolute atomic E-state index is 0.0357. The molecule has 116 valence electrons. The lowest BCUT2D eigenvalue weighted by Crippen LogP contribution is -2.40. The molecule has 5 nitrogen and oxygen atoms in total. The summed E-state index contributed by atoms with van der Waals surface area (Å²) < 4.78 is 10.6. The second-order valence-corrected chi connectivity index (χ2v) is 5.13. The third-order valence-corrected chi connectivity index (χ3v) is 4.01. The van der Waals surface area contributed by atoms with Gasteiger partial charge in [-0.15, -0.1) is 0 Å². The fourth-order valence-electron chi connectivity index (χ4n) is 3.00. The van der Waals surface area contributed by atoms with Crippen molar-refractivity contribution in [2.45, 2.75) is 39.3 Å². The molecule has 1 unspecified atom stereocenters. The van der Waals surface area contributed by atoms with E-state index in [0.717, 1.165) is 29.7 Å². The highest BCUT2D eigenvalue weighted by molar-refractivity contribution is 5.69. The number of fused-ring (bicyclic) bond motifs is 1. The van der Waals surface area contributed by atoms with Crippen LogP contribution in [0.4, 0.5) is 4.79 Å². The van der Waals surface area contributed by atoms with Gasteiger partial charge >= 0.3 is 6.09 Å². The minimum atomic E-state index is -0.239. The molecule has 1 aliphatic rings. The predicted molar refractivity (Wildman–Crippen MR) is 81.3 cm³/mol. The maximum atomic E-state index is 12.1. The van der Waals surface area contributed by atoms with Crippen LogP contribution in [0.15, 0.2) is 12.1 Å². The number of carbonyl (C=O) groups is 1. The Labute approximate surface area is 126 Å². The Morgan fingerprint density at radius 1 is 1.43 bits per heavy atom. The Morgan fingerprint density at radius 3 is 2.76 bits per heavy atom. The Balaban J connectivity index is 2.39. The quantitative estimate of drug-likeness (QED) is 0.926. The van der Waals surface area contributed by atoms with E-state index in [1.54, 1.807) is 7.11 Å². The maximum absolute atomic E-state index is 12.1. The lowest BCUT2D eigenvalue weighted by Gasteiger charge is -2.36. The van der Waals surface area contributed by atoms with Crippen molar-refractivity contribution in [3.8, 4) is 5.75 Å². The van der Waals surface area contributed by atoms with Gasteiger partial charge in [-0.3, -0.25) is 0 Å². The van der Waals surface area contributed by atoms with Gasteiger partial charge in [-0.25, -0.2) is 4.79 Å². The number of carbonyl (C=O) groups excluding carboxylic acids is 1. The maximum Gasteiger partial charge on any atom is 0.410 e. The van der Waals surface area contributed by atoms with Gasteiger partial charge in [-0.1, -0.05) is 13.0 Å². The van der Waals surface area contributed by atoms with Crippen LogP contribution in [0, 0.1) is 0 Å². The van der Waals surface area contributed by atoms with Crippen LogP contribution in [0.2, 0.25) is 0 Å². The van der Waals surface area contributed by atoms with E-state index in [2.05, 4.69) is 13.0 Å². The number of hydrogen-bond acceptors (Lipinski definition) is 4. The highest BCUT2D eigenvalue weighted by Crippen LogP contribution is 2.36. The first-order valence-corrected chi connectivity index (χ1v) is 7.49. The van der Waals surface area contributed by atoms with E-state index in [4.69, 9.17) is 15.2 Å². The van der Waals surface area contributed by atoms with E-state index in [0.29, 0.717) is 19.7 Å². The van der Waals surface area contributed by atoms with Crippen LogP contribution in [-0.2, 0) is 17.7 Å². The van der Waals surface area contributed by atoms with Gasteiger partial charge in [0.15, 0.2) is 0 Å². The van der Waals surface area contributed by atoms with Crippen molar-refractivity contribution in [1.29, 1.82) is 0 Å². The number of nitrogens with two attached hydrogens (primary N) is 1. The molecule has 0 aromatic heterocycles. The van der Waals surface area contributed by atoms with Gasteiger partial charge in [0.05, 0.1) is 19.8 Å². The zero-order valence-electron chi connectivity index (χ0n) is 13.0. The zero-order chi connectivity index (χ0) is 15.4.